The molecule has 356 valence electrons. The summed E-state index contributed by atoms with van der Waals surface area (Å²) in [5.74, 6) is -2.11. The monoisotopic (exact) mass is 920 g/mol. The predicted octanol–water partition coefficient (Wildman–Crippen LogP) is 6.11. The number of carbonyl (C=O) groups excluding carboxylic acids is 9. The summed E-state index contributed by atoms with van der Waals surface area (Å²) in [7, 11) is 0. The van der Waals surface area contributed by atoms with E-state index in [2.05, 4.69) is 49.7 Å². The van der Waals surface area contributed by atoms with Crippen molar-refractivity contribution in [1.82, 2.24) is 30.7 Å². The van der Waals surface area contributed by atoms with E-state index in [9.17, 15) is 47.5 Å². The van der Waals surface area contributed by atoms with E-state index in [1.165, 1.54) is 21.4 Å². The lowest BCUT2D eigenvalue weighted by Crippen LogP contribution is -2.53. The van der Waals surface area contributed by atoms with Gasteiger partial charge in [-0.2, -0.15) is 0 Å². The molecule has 0 bridgehead atoms. The molecule has 3 aromatic rings. The summed E-state index contributed by atoms with van der Waals surface area (Å²) in [5.41, 5.74) is 7.94. The number of imide groups is 3. The van der Waals surface area contributed by atoms with Crippen LogP contribution in [-0.2, 0) is 46.7 Å². The number of carbonyl (C=O) groups is 9. The van der Waals surface area contributed by atoms with Gasteiger partial charge >= 0.3 is 0 Å². The molecule has 5 unspecified atom stereocenters. The Morgan fingerprint density at radius 2 is 1.28 bits per heavy atom. The standard InChI is InChI=1S/C17H19FN2O3.C17H20N2O3.C17H22N2O3/c1-3-9(2)11-6-10-8-20(17(23)12(10)7-13(11)18)14-4-5-15(21)19-16(14)22;1-9(2)11-5-4-6-12-15(11)10(3)19(17(12)22)13-7-8-14(20)18-16(13)21;1-11(2)14-6-4-5-13(12(14)3)9-19(10-20)15-7-8-16(21)18-17(15)22/h6-7,9,14H,3-5,8H2,1-2H3,(H,19,21,22);4-6,9-10,13H,7-8H2,1-3H3,(H,18,20,21);4-6,10-11,15H,7-9H2,1-3H3,(H,18,21,22). The van der Waals surface area contributed by atoms with Crippen LogP contribution < -0.4 is 16.0 Å². The van der Waals surface area contributed by atoms with E-state index >= 15 is 0 Å². The number of fused-ring (bicyclic) bond motifs is 2. The molecule has 5 atom stereocenters. The van der Waals surface area contributed by atoms with Crippen molar-refractivity contribution in [2.75, 3.05) is 0 Å². The maximum Gasteiger partial charge on any atom is 0.255 e. The summed E-state index contributed by atoms with van der Waals surface area (Å²) in [6.45, 7) is 17.0. The van der Waals surface area contributed by atoms with Gasteiger partial charge in [-0.3, -0.25) is 59.1 Å². The average Bonchev–Trinajstić information content (AvgIpc) is 3.73. The van der Waals surface area contributed by atoms with Crippen molar-refractivity contribution >= 4 is 53.7 Å². The number of rotatable bonds is 10. The molecule has 0 aromatic heterocycles. The molecule has 16 heteroatoms. The minimum Gasteiger partial charge on any atom is -0.329 e. The minimum atomic E-state index is -0.664. The normalized spacial score (nSPS) is 21.7. The zero-order valence-electron chi connectivity index (χ0n) is 39.5. The third kappa shape index (κ3) is 10.5. The SMILES string of the molecule is CC(C)c1cccc2c1C(C)N(C1CCC(=O)NC1=O)C2=O.CCC(C)c1cc2c(cc1F)C(=O)N(C1CCC(=O)NC1=O)C2.Cc1c(CN(C=O)C2CCC(=O)NC2=O)cccc1C(C)C. The zero-order chi connectivity index (χ0) is 49.0. The first kappa shape index (κ1) is 49.8. The van der Waals surface area contributed by atoms with Gasteiger partial charge in [0.2, 0.25) is 41.9 Å². The highest BCUT2D eigenvalue weighted by Gasteiger charge is 2.44. The molecule has 3 aromatic carbocycles. The van der Waals surface area contributed by atoms with Crippen LogP contribution in [0, 0.1) is 12.7 Å². The minimum absolute atomic E-state index is 0.0695. The van der Waals surface area contributed by atoms with Gasteiger partial charge in [0.15, 0.2) is 0 Å². The Morgan fingerprint density at radius 1 is 0.716 bits per heavy atom. The molecule has 5 aliphatic rings. The molecule has 9 amide bonds. The van der Waals surface area contributed by atoms with Crippen LogP contribution in [0.1, 0.15) is 177 Å². The third-order valence-electron chi connectivity index (χ3n) is 13.6. The fourth-order valence-corrected chi connectivity index (χ4v) is 9.67. The molecule has 15 nitrogen and oxygen atoms in total. The van der Waals surface area contributed by atoms with E-state index in [-0.39, 0.29) is 84.9 Å². The number of benzene rings is 3. The average molecular weight is 921 g/mol. The maximum absolute atomic E-state index is 14.3. The number of nitrogens with one attached hydrogen (secondary N) is 3. The van der Waals surface area contributed by atoms with Gasteiger partial charge in [0, 0.05) is 43.5 Å². The lowest BCUT2D eigenvalue weighted by atomic mass is 9.91. The molecule has 0 saturated carbocycles. The van der Waals surface area contributed by atoms with Crippen molar-refractivity contribution in [1.29, 1.82) is 0 Å². The number of nitrogens with zero attached hydrogens (tertiary/aromatic N) is 3. The van der Waals surface area contributed by atoms with Crippen LogP contribution in [-0.4, -0.2) is 86.5 Å². The molecule has 8 rings (SSSR count). The molecule has 0 aliphatic carbocycles. The Labute approximate surface area is 390 Å². The van der Waals surface area contributed by atoms with Gasteiger partial charge in [0.05, 0.1) is 6.04 Å². The number of amides is 9. The van der Waals surface area contributed by atoms with Crippen molar-refractivity contribution < 1.29 is 47.5 Å². The van der Waals surface area contributed by atoms with Crippen LogP contribution in [0.4, 0.5) is 4.39 Å². The zero-order valence-corrected chi connectivity index (χ0v) is 39.5. The van der Waals surface area contributed by atoms with Gasteiger partial charge < -0.3 is 14.7 Å². The van der Waals surface area contributed by atoms with E-state index in [1.54, 1.807) is 11.0 Å². The number of halogens is 1. The lowest BCUT2D eigenvalue weighted by molar-refractivity contribution is -0.141. The van der Waals surface area contributed by atoms with Crippen molar-refractivity contribution in [3.8, 4) is 0 Å². The fraction of sp³-hybridized carbons (Fsp3) is 0.471. The number of hydrogen-bond donors (Lipinski definition) is 3. The first-order valence-corrected chi connectivity index (χ1v) is 23.2. The van der Waals surface area contributed by atoms with E-state index < -0.39 is 24.0 Å². The quantitative estimate of drug-likeness (QED) is 0.159. The maximum atomic E-state index is 14.3. The first-order valence-electron chi connectivity index (χ1n) is 23.2. The van der Waals surface area contributed by atoms with E-state index in [4.69, 9.17) is 0 Å². The second-order valence-corrected chi connectivity index (χ2v) is 18.6. The highest BCUT2D eigenvalue weighted by Crippen LogP contribution is 2.41. The van der Waals surface area contributed by atoms with Gasteiger partial charge in [0.1, 0.15) is 23.9 Å². The van der Waals surface area contributed by atoms with Crippen LogP contribution in [0.5, 0.6) is 0 Å². The van der Waals surface area contributed by atoms with Crippen LogP contribution in [0.15, 0.2) is 48.5 Å². The van der Waals surface area contributed by atoms with Crippen LogP contribution in [0.25, 0.3) is 0 Å². The Kier molecular flexibility index (Phi) is 15.6. The molecular formula is C51H61FN6O9. The van der Waals surface area contributed by atoms with E-state index in [0.717, 1.165) is 34.2 Å². The van der Waals surface area contributed by atoms with Gasteiger partial charge in [-0.05, 0) is 108 Å². The molecule has 3 fully saturated rings. The summed E-state index contributed by atoms with van der Waals surface area (Å²) in [5, 5.41) is 6.89. The summed E-state index contributed by atoms with van der Waals surface area (Å²) in [6.07, 6.45) is 3.35. The molecule has 0 radical (unpaired) electrons. The van der Waals surface area contributed by atoms with Gasteiger partial charge in [0.25, 0.3) is 11.8 Å². The third-order valence-corrected chi connectivity index (χ3v) is 13.6. The van der Waals surface area contributed by atoms with Crippen LogP contribution >= 0.6 is 0 Å². The second kappa shape index (κ2) is 20.9. The number of piperidine rings is 3. The van der Waals surface area contributed by atoms with Crippen molar-refractivity contribution in [3.05, 3.63) is 104 Å². The van der Waals surface area contributed by atoms with Crippen molar-refractivity contribution in [3.63, 3.8) is 0 Å². The van der Waals surface area contributed by atoms with E-state index in [0.29, 0.717) is 60.7 Å². The Morgan fingerprint density at radius 3 is 1.85 bits per heavy atom. The van der Waals surface area contributed by atoms with Gasteiger partial charge in [-0.1, -0.05) is 77.9 Å². The van der Waals surface area contributed by atoms with Crippen molar-refractivity contribution in [2.24, 2.45) is 0 Å². The Balaban J connectivity index is 0.000000166. The predicted molar refractivity (Wildman–Crippen MR) is 245 cm³/mol. The highest BCUT2D eigenvalue weighted by atomic mass is 19.1. The van der Waals surface area contributed by atoms with Gasteiger partial charge in [-0.15, -0.1) is 0 Å². The van der Waals surface area contributed by atoms with Crippen LogP contribution in [0.3, 0.4) is 0 Å². The number of hydrogen-bond acceptors (Lipinski definition) is 9. The summed E-state index contributed by atoms with van der Waals surface area (Å²) < 4.78 is 14.3. The molecule has 5 aliphatic heterocycles. The molecule has 5 heterocycles. The molecule has 67 heavy (non-hydrogen) atoms. The van der Waals surface area contributed by atoms with E-state index in [1.807, 2.05) is 58.0 Å². The fourth-order valence-electron chi connectivity index (χ4n) is 9.67. The summed E-state index contributed by atoms with van der Waals surface area (Å²) >= 11 is 0. The Bertz CT molecular complexity index is 2500. The molecular weight excluding hydrogens is 860 g/mol. The van der Waals surface area contributed by atoms with Crippen LogP contribution in [0.2, 0.25) is 0 Å². The smallest absolute Gasteiger partial charge is 0.255 e. The summed E-state index contributed by atoms with van der Waals surface area (Å²) in [6, 6.07) is 12.9. The largest absolute Gasteiger partial charge is 0.329 e. The lowest BCUT2D eigenvalue weighted by Gasteiger charge is -2.33. The van der Waals surface area contributed by atoms with Gasteiger partial charge in [-0.25, -0.2) is 4.39 Å². The summed E-state index contributed by atoms with van der Waals surface area (Å²) in [4.78, 5) is 111. The Hall–Kier alpha value is -6.58. The topological polar surface area (TPSA) is 199 Å². The van der Waals surface area contributed by atoms with Crippen molar-refractivity contribution in [2.45, 2.75) is 155 Å². The first-order chi connectivity index (χ1) is 31.8. The molecule has 3 N–H and O–H groups in total. The molecule has 0 spiro atoms. The second-order valence-electron chi connectivity index (χ2n) is 18.6. The molecule has 3 saturated heterocycles. The highest BCUT2D eigenvalue weighted by molar-refractivity contribution is 6.07.